The van der Waals surface area contributed by atoms with Crippen molar-refractivity contribution in [3.63, 3.8) is 0 Å². The van der Waals surface area contributed by atoms with Crippen LogP contribution in [-0.2, 0) is 11.3 Å². The average Bonchev–Trinajstić information content (AvgIpc) is 2.78. The van der Waals surface area contributed by atoms with Crippen molar-refractivity contribution >= 4 is 6.09 Å². The molecule has 0 spiro atoms. The molecule has 0 bridgehead atoms. The zero-order valence-electron chi connectivity index (χ0n) is 17.8. The molecular formula is C24H25F3N2O3. The van der Waals surface area contributed by atoms with Crippen LogP contribution in [0.2, 0.25) is 0 Å². The van der Waals surface area contributed by atoms with Crippen LogP contribution < -0.4 is 4.74 Å². The van der Waals surface area contributed by atoms with Gasteiger partial charge >= 0.3 is 12.3 Å². The lowest BCUT2D eigenvalue weighted by atomic mass is 10.0. The van der Waals surface area contributed by atoms with E-state index in [-0.39, 0.29) is 19.7 Å². The van der Waals surface area contributed by atoms with Crippen LogP contribution in [0.15, 0.2) is 48.5 Å². The molecule has 2 aromatic rings. The molecule has 32 heavy (non-hydrogen) atoms. The predicted octanol–water partition coefficient (Wildman–Crippen LogP) is 4.57. The fraction of sp³-hybridized carbons (Fsp3) is 0.375. The number of nitrogens with zero attached hydrogens (tertiary/aromatic N) is 2. The molecule has 1 amide bonds. The monoisotopic (exact) mass is 446 g/mol. The SMILES string of the molecule is C#CCOc1cc(-c2ccccc2)ccc1CN1CCN(C(=O)OC(C)C(F)(F)F)CC1. The summed E-state index contributed by atoms with van der Waals surface area (Å²) in [5.74, 6) is 3.16. The predicted molar refractivity (Wildman–Crippen MR) is 115 cm³/mol. The summed E-state index contributed by atoms with van der Waals surface area (Å²) in [4.78, 5) is 15.4. The van der Waals surface area contributed by atoms with E-state index in [0.717, 1.165) is 23.6 Å². The number of piperazine rings is 1. The van der Waals surface area contributed by atoms with E-state index >= 15 is 0 Å². The summed E-state index contributed by atoms with van der Waals surface area (Å²) >= 11 is 0. The molecule has 1 heterocycles. The molecule has 1 aliphatic heterocycles. The molecule has 0 saturated carbocycles. The highest BCUT2D eigenvalue weighted by Crippen LogP contribution is 2.29. The molecule has 0 aliphatic carbocycles. The van der Waals surface area contributed by atoms with Gasteiger partial charge in [-0.3, -0.25) is 4.90 Å². The van der Waals surface area contributed by atoms with Crippen molar-refractivity contribution in [1.82, 2.24) is 9.80 Å². The summed E-state index contributed by atoms with van der Waals surface area (Å²) in [6.45, 7) is 3.11. The van der Waals surface area contributed by atoms with E-state index in [1.807, 2.05) is 48.5 Å². The molecule has 8 heteroatoms. The molecule has 1 aliphatic rings. The van der Waals surface area contributed by atoms with Crippen molar-refractivity contribution in [2.45, 2.75) is 25.7 Å². The summed E-state index contributed by atoms with van der Waals surface area (Å²) in [6, 6.07) is 15.9. The summed E-state index contributed by atoms with van der Waals surface area (Å²) in [6.07, 6.45) is -2.29. The van der Waals surface area contributed by atoms with Crippen LogP contribution in [0.25, 0.3) is 11.1 Å². The smallest absolute Gasteiger partial charge is 0.425 e. The van der Waals surface area contributed by atoms with E-state index in [9.17, 15) is 18.0 Å². The second-order valence-corrected chi connectivity index (χ2v) is 7.51. The number of amides is 1. The highest BCUT2D eigenvalue weighted by molar-refractivity contribution is 5.68. The van der Waals surface area contributed by atoms with Crippen molar-refractivity contribution in [3.8, 4) is 29.2 Å². The lowest BCUT2D eigenvalue weighted by Crippen LogP contribution is -2.49. The third-order valence-corrected chi connectivity index (χ3v) is 5.25. The fourth-order valence-electron chi connectivity index (χ4n) is 3.37. The van der Waals surface area contributed by atoms with Crippen LogP contribution >= 0.6 is 0 Å². The summed E-state index contributed by atoms with van der Waals surface area (Å²) in [7, 11) is 0. The second kappa shape index (κ2) is 10.4. The Hall–Kier alpha value is -3.18. The van der Waals surface area contributed by atoms with Crippen molar-refractivity contribution in [2.24, 2.45) is 0 Å². The molecule has 0 radical (unpaired) electrons. The van der Waals surface area contributed by atoms with Gasteiger partial charge in [0.2, 0.25) is 0 Å². The van der Waals surface area contributed by atoms with E-state index in [0.29, 0.717) is 25.4 Å². The van der Waals surface area contributed by atoms with Crippen molar-refractivity contribution in [2.75, 3.05) is 32.8 Å². The van der Waals surface area contributed by atoms with Gasteiger partial charge in [0.25, 0.3) is 0 Å². The van der Waals surface area contributed by atoms with E-state index in [2.05, 4.69) is 15.6 Å². The Morgan fingerprint density at radius 3 is 2.41 bits per heavy atom. The third kappa shape index (κ3) is 6.17. The molecule has 1 unspecified atom stereocenters. The number of alkyl halides is 3. The maximum Gasteiger partial charge on any atom is 0.425 e. The summed E-state index contributed by atoms with van der Waals surface area (Å²) in [5.41, 5.74) is 3.01. The first-order valence-corrected chi connectivity index (χ1v) is 10.3. The number of benzene rings is 2. The van der Waals surface area contributed by atoms with E-state index in [1.165, 1.54) is 4.90 Å². The topological polar surface area (TPSA) is 42.0 Å². The van der Waals surface area contributed by atoms with Crippen LogP contribution in [0, 0.1) is 12.3 Å². The van der Waals surface area contributed by atoms with Crippen molar-refractivity contribution in [1.29, 1.82) is 0 Å². The minimum atomic E-state index is -4.57. The highest BCUT2D eigenvalue weighted by Gasteiger charge is 2.40. The molecule has 170 valence electrons. The van der Waals surface area contributed by atoms with Gasteiger partial charge in [-0.05, 0) is 24.1 Å². The molecule has 0 N–H and O–H groups in total. The first-order valence-electron chi connectivity index (χ1n) is 10.3. The molecule has 3 rings (SSSR count). The number of terminal acetylenes is 1. The third-order valence-electron chi connectivity index (χ3n) is 5.25. The summed E-state index contributed by atoms with van der Waals surface area (Å²) in [5, 5.41) is 0. The number of rotatable bonds is 6. The molecule has 1 fully saturated rings. The Kier molecular flexibility index (Phi) is 7.65. The van der Waals surface area contributed by atoms with Gasteiger partial charge in [0, 0.05) is 38.3 Å². The standard InChI is InChI=1S/C24H25F3N2O3/c1-3-15-31-22-16-20(19-7-5-4-6-8-19)9-10-21(22)17-28-11-13-29(14-12-28)23(30)32-18(2)24(25,26)27/h1,4-10,16,18H,11-15,17H2,2H3. The van der Waals surface area contributed by atoms with E-state index < -0.39 is 18.4 Å². The first-order chi connectivity index (χ1) is 15.3. The lowest BCUT2D eigenvalue weighted by Gasteiger charge is -2.35. The first kappa shape index (κ1) is 23.5. The second-order valence-electron chi connectivity index (χ2n) is 7.51. The van der Waals surface area contributed by atoms with Gasteiger partial charge in [-0.15, -0.1) is 6.42 Å². The van der Waals surface area contributed by atoms with Crippen LogP contribution in [0.4, 0.5) is 18.0 Å². The number of hydrogen-bond donors (Lipinski definition) is 0. The highest BCUT2D eigenvalue weighted by atomic mass is 19.4. The molecule has 1 saturated heterocycles. The van der Waals surface area contributed by atoms with Crippen LogP contribution in [0.3, 0.4) is 0 Å². The summed E-state index contributed by atoms with van der Waals surface area (Å²) < 4.78 is 48.2. The lowest BCUT2D eigenvalue weighted by molar-refractivity contribution is -0.200. The molecule has 2 aromatic carbocycles. The molecule has 1 atom stereocenters. The van der Waals surface area contributed by atoms with Gasteiger partial charge in [-0.1, -0.05) is 48.4 Å². The average molecular weight is 446 g/mol. The zero-order chi connectivity index (χ0) is 23.1. The van der Waals surface area contributed by atoms with Crippen molar-refractivity contribution in [3.05, 3.63) is 54.1 Å². The van der Waals surface area contributed by atoms with E-state index in [4.69, 9.17) is 11.2 Å². The van der Waals surface area contributed by atoms with Gasteiger partial charge in [0.15, 0.2) is 6.10 Å². The molecular weight excluding hydrogens is 421 g/mol. The van der Waals surface area contributed by atoms with Gasteiger partial charge in [0.05, 0.1) is 0 Å². The maximum absolute atomic E-state index is 12.6. The number of carbonyl (C=O) groups is 1. The largest absolute Gasteiger partial charge is 0.481 e. The van der Waals surface area contributed by atoms with Gasteiger partial charge < -0.3 is 14.4 Å². The molecule has 5 nitrogen and oxygen atoms in total. The van der Waals surface area contributed by atoms with Crippen LogP contribution in [0.1, 0.15) is 12.5 Å². The Morgan fingerprint density at radius 1 is 1.09 bits per heavy atom. The number of ether oxygens (including phenoxy) is 2. The quantitative estimate of drug-likeness (QED) is 0.610. The van der Waals surface area contributed by atoms with E-state index in [1.54, 1.807) is 0 Å². The Labute approximate surface area is 185 Å². The minimum absolute atomic E-state index is 0.141. The minimum Gasteiger partial charge on any atom is -0.481 e. The maximum atomic E-state index is 12.6. The van der Waals surface area contributed by atoms with Crippen LogP contribution in [-0.4, -0.2) is 61.0 Å². The fourth-order valence-corrected chi connectivity index (χ4v) is 3.37. The Balaban J connectivity index is 1.62. The number of halogens is 3. The number of hydrogen-bond acceptors (Lipinski definition) is 4. The Bertz CT molecular complexity index is 949. The zero-order valence-corrected chi connectivity index (χ0v) is 17.8. The Morgan fingerprint density at radius 2 is 1.78 bits per heavy atom. The van der Waals surface area contributed by atoms with Crippen molar-refractivity contribution < 1.29 is 27.4 Å². The van der Waals surface area contributed by atoms with Gasteiger partial charge in [-0.25, -0.2) is 4.79 Å². The number of carbonyl (C=O) groups excluding carboxylic acids is 1. The van der Waals surface area contributed by atoms with Crippen LogP contribution in [0.5, 0.6) is 5.75 Å². The van der Waals surface area contributed by atoms with Gasteiger partial charge in [-0.2, -0.15) is 13.2 Å². The normalized spacial score (nSPS) is 15.7. The van der Waals surface area contributed by atoms with Gasteiger partial charge in [0.1, 0.15) is 12.4 Å². The molecule has 0 aromatic heterocycles.